The number of benzene rings is 3. The van der Waals surface area contributed by atoms with Crippen molar-refractivity contribution in [2.45, 2.75) is 43.9 Å². The van der Waals surface area contributed by atoms with Crippen LogP contribution in [0.4, 0.5) is 20.2 Å². The molecule has 2 atom stereocenters. The monoisotopic (exact) mass is 608 g/mol. The van der Waals surface area contributed by atoms with Crippen molar-refractivity contribution in [3.8, 4) is 0 Å². The minimum atomic E-state index is -1.03. The molecular weight excluding hydrogens is 578 g/mol. The van der Waals surface area contributed by atoms with Gasteiger partial charge in [-0.3, -0.25) is 9.59 Å². The molecule has 0 radical (unpaired) electrons. The summed E-state index contributed by atoms with van der Waals surface area (Å²) >= 11 is 5.95. The fourth-order valence-electron chi connectivity index (χ4n) is 6.12. The number of oxime groups is 1. The van der Waals surface area contributed by atoms with E-state index in [9.17, 15) is 18.4 Å². The molecule has 0 bridgehead atoms. The standard InChI is InChI=1S/C32H31ClF2N4O4/c1-42-21-12-15-38(16-13-21)27-7-3-4-23-22(27)14-17-39(30(23)31(40)36-20-10-8-19(34)9-11-20)32(41)28-18-26(37-43-28)24-5-2-6-25(33)29(24)35/h2-11,21,28,30H,12-18H2,1H3,(H,36,40)/t28?,30-/m1/s1. The Labute approximate surface area is 253 Å². The molecule has 11 heteroatoms. The van der Waals surface area contributed by atoms with E-state index in [0.29, 0.717) is 17.7 Å². The third-order valence-electron chi connectivity index (χ3n) is 8.36. The average molecular weight is 609 g/mol. The van der Waals surface area contributed by atoms with Gasteiger partial charge in [-0.15, -0.1) is 0 Å². The number of fused-ring (bicyclic) bond motifs is 1. The van der Waals surface area contributed by atoms with Crippen LogP contribution in [0, 0.1) is 11.6 Å². The van der Waals surface area contributed by atoms with Gasteiger partial charge in [0.1, 0.15) is 11.9 Å². The molecule has 8 nitrogen and oxygen atoms in total. The highest BCUT2D eigenvalue weighted by Gasteiger charge is 2.42. The zero-order valence-corrected chi connectivity index (χ0v) is 24.3. The molecule has 3 aliphatic rings. The predicted molar refractivity (Wildman–Crippen MR) is 159 cm³/mol. The Hall–Kier alpha value is -4.02. The van der Waals surface area contributed by atoms with Gasteiger partial charge in [-0.2, -0.15) is 0 Å². The molecule has 0 saturated carbocycles. The van der Waals surface area contributed by atoms with Crippen LogP contribution in [-0.2, 0) is 25.6 Å². The zero-order valence-electron chi connectivity index (χ0n) is 23.6. The fraction of sp³-hybridized carbons (Fsp3) is 0.344. The Morgan fingerprint density at radius 3 is 2.51 bits per heavy atom. The quantitative estimate of drug-likeness (QED) is 0.400. The summed E-state index contributed by atoms with van der Waals surface area (Å²) in [4.78, 5) is 37.2. The molecule has 6 rings (SSSR count). The average Bonchev–Trinajstić information content (AvgIpc) is 3.52. The van der Waals surface area contributed by atoms with E-state index < -0.39 is 35.6 Å². The van der Waals surface area contributed by atoms with Crippen molar-refractivity contribution in [1.29, 1.82) is 0 Å². The number of rotatable bonds is 6. The highest BCUT2D eigenvalue weighted by Crippen LogP contribution is 2.38. The summed E-state index contributed by atoms with van der Waals surface area (Å²) in [6, 6.07) is 14.9. The molecule has 43 heavy (non-hydrogen) atoms. The number of hydrogen-bond acceptors (Lipinski definition) is 6. The van der Waals surface area contributed by atoms with Crippen LogP contribution in [0.25, 0.3) is 0 Å². The summed E-state index contributed by atoms with van der Waals surface area (Å²) in [5.41, 5.74) is 3.60. The van der Waals surface area contributed by atoms with E-state index in [1.165, 1.54) is 41.3 Å². The van der Waals surface area contributed by atoms with Gasteiger partial charge in [0.05, 0.1) is 16.8 Å². The lowest BCUT2D eigenvalue weighted by atomic mass is 9.89. The molecule has 3 aliphatic heterocycles. The van der Waals surface area contributed by atoms with Crippen LogP contribution >= 0.6 is 11.6 Å². The van der Waals surface area contributed by atoms with Gasteiger partial charge in [0.15, 0.2) is 5.82 Å². The topological polar surface area (TPSA) is 83.5 Å². The molecular formula is C32H31ClF2N4O4. The highest BCUT2D eigenvalue weighted by atomic mass is 35.5. The summed E-state index contributed by atoms with van der Waals surface area (Å²) in [6.45, 7) is 1.90. The van der Waals surface area contributed by atoms with E-state index in [1.807, 2.05) is 12.1 Å². The van der Waals surface area contributed by atoms with E-state index in [-0.39, 0.29) is 35.4 Å². The van der Waals surface area contributed by atoms with E-state index in [0.717, 1.165) is 37.2 Å². The maximum Gasteiger partial charge on any atom is 0.267 e. The van der Waals surface area contributed by atoms with Gasteiger partial charge in [-0.1, -0.05) is 35.0 Å². The van der Waals surface area contributed by atoms with E-state index >= 15 is 0 Å². The number of carbonyl (C=O) groups is 2. The molecule has 1 N–H and O–H groups in total. The number of anilines is 2. The van der Waals surface area contributed by atoms with Crippen LogP contribution in [-0.4, -0.2) is 61.4 Å². The second-order valence-electron chi connectivity index (χ2n) is 10.9. The molecule has 0 spiro atoms. The van der Waals surface area contributed by atoms with Gasteiger partial charge in [-0.05, 0) is 72.9 Å². The molecule has 3 heterocycles. The van der Waals surface area contributed by atoms with Crippen molar-refractivity contribution in [2.24, 2.45) is 5.16 Å². The molecule has 1 unspecified atom stereocenters. The number of nitrogens with one attached hydrogen (secondary N) is 1. The molecule has 3 aromatic carbocycles. The van der Waals surface area contributed by atoms with Crippen LogP contribution < -0.4 is 10.2 Å². The number of ether oxygens (including phenoxy) is 1. The highest BCUT2D eigenvalue weighted by molar-refractivity contribution is 6.31. The lowest BCUT2D eigenvalue weighted by Crippen LogP contribution is -2.49. The summed E-state index contributed by atoms with van der Waals surface area (Å²) in [7, 11) is 1.73. The minimum Gasteiger partial charge on any atom is -0.382 e. The first kappa shape index (κ1) is 29.1. The first-order valence-corrected chi connectivity index (χ1v) is 14.7. The van der Waals surface area contributed by atoms with Crippen LogP contribution in [0.2, 0.25) is 5.02 Å². The predicted octanol–water partition coefficient (Wildman–Crippen LogP) is 5.49. The van der Waals surface area contributed by atoms with Crippen LogP contribution in [0.15, 0.2) is 65.8 Å². The number of halogens is 3. The summed E-state index contributed by atoms with van der Waals surface area (Å²) in [6.07, 6.45) is 1.54. The number of carbonyl (C=O) groups excluding carboxylic acids is 2. The maximum atomic E-state index is 14.7. The minimum absolute atomic E-state index is 0.0280. The Kier molecular flexibility index (Phi) is 8.32. The van der Waals surface area contributed by atoms with Gasteiger partial charge >= 0.3 is 0 Å². The van der Waals surface area contributed by atoms with Crippen molar-refractivity contribution < 1.29 is 27.9 Å². The lowest BCUT2D eigenvalue weighted by molar-refractivity contribution is -0.148. The second-order valence-corrected chi connectivity index (χ2v) is 11.3. The first-order valence-electron chi connectivity index (χ1n) is 14.3. The molecule has 0 aromatic heterocycles. The number of methoxy groups -OCH3 is 1. The van der Waals surface area contributed by atoms with Crippen molar-refractivity contribution in [1.82, 2.24) is 4.90 Å². The van der Waals surface area contributed by atoms with Gasteiger partial charge in [0, 0.05) is 50.1 Å². The zero-order chi connectivity index (χ0) is 30.1. The van der Waals surface area contributed by atoms with Crippen molar-refractivity contribution in [2.75, 3.05) is 37.0 Å². The molecule has 1 fully saturated rings. The van der Waals surface area contributed by atoms with E-state index in [2.05, 4.69) is 21.4 Å². The molecule has 2 amide bonds. The molecule has 1 saturated heterocycles. The summed E-state index contributed by atoms with van der Waals surface area (Å²) < 4.78 is 33.8. The van der Waals surface area contributed by atoms with Gasteiger partial charge in [-0.25, -0.2) is 8.78 Å². The summed E-state index contributed by atoms with van der Waals surface area (Å²) in [5.74, 6) is -1.93. The number of hydrogen-bond donors (Lipinski definition) is 1. The SMILES string of the molecule is COC1CCN(c2cccc3c2CCN(C(=O)C2CC(c4cccc(Cl)c4F)=NO2)[C@H]3C(=O)Nc2ccc(F)cc2)CC1. The van der Waals surface area contributed by atoms with Crippen LogP contribution in [0.1, 0.15) is 42.0 Å². The van der Waals surface area contributed by atoms with Gasteiger partial charge in [0.2, 0.25) is 6.10 Å². The van der Waals surface area contributed by atoms with Crippen molar-refractivity contribution in [3.63, 3.8) is 0 Å². The second kappa shape index (κ2) is 12.3. The van der Waals surface area contributed by atoms with E-state index in [1.54, 1.807) is 13.2 Å². The van der Waals surface area contributed by atoms with Crippen LogP contribution in [0.3, 0.4) is 0 Å². The Morgan fingerprint density at radius 2 is 1.77 bits per heavy atom. The number of nitrogens with zero attached hydrogens (tertiary/aromatic N) is 3. The fourth-order valence-corrected chi connectivity index (χ4v) is 6.30. The largest absolute Gasteiger partial charge is 0.382 e. The number of amides is 2. The van der Waals surface area contributed by atoms with Crippen LogP contribution in [0.5, 0.6) is 0 Å². The Balaban J connectivity index is 1.29. The van der Waals surface area contributed by atoms with Crippen molar-refractivity contribution in [3.05, 3.63) is 94.0 Å². The lowest BCUT2D eigenvalue weighted by Gasteiger charge is -2.40. The van der Waals surface area contributed by atoms with Gasteiger partial charge in [0.25, 0.3) is 11.8 Å². The molecule has 0 aliphatic carbocycles. The Morgan fingerprint density at radius 1 is 1.02 bits per heavy atom. The smallest absolute Gasteiger partial charge is 0.267 e. The Bertz CT molecular complexity index is 1560. The van der Waals surface area contributed by atoms with E-state index in [4.69, 9.17) is 21.2 Å². The third-order valence-corrected chi connectivity index (χ3v) is 8.65. The first-order chi connectivity index (χ1) is 20.8. The maximum absolute atomic E-state index is 14.7. The normalized spacial score (nSPS) is 20.3. The molecule has 3 aromatic rings. The van der Waals surface area contributed by atoms with Gasteiger partial charge < -0.3 is 24.7 Å². The van der Waals surface area contributed by atoms with Crippen molar-refractivity contribution >= 4 is 40.5 Å². The summed E-state index contributed by atoms with van der Waals surface area (Å²) in [5, 5.41) is 6.80. The third kappa shape index (κ3) is 5.81. The molecule has 224 valence electrons. The number of piperidine rings is 1.